The Kier molecular flexibility index (Phi) is 4.31. The summed E-state index contributed by atoms with van der Waals surface area (Å²) < 4.78 is 4.04. The van der Waals surface area contributed by atoms with E-state index in [0.717, 1.165) is 54.6 Å². The van der Waals surface area contributed by atoms with Gasteiger partial charge in [-0.15, -0.1) is 10.2 Å². The molecule has 7 nitrogen and oxygen atoms in total. The molecule has 0 N–H and O–H groups in total. The van der Waals surface area contributed by atoms with E-state index in [1.54, 1.807) is 11.8 Å². The summed E-state index contributed by atoms with van der Waals surface area (Å²) in [4.78, 5) is 14.7. The monoisotopic (exact) mass is 360 g/mol. The lowest BCUT2D eigenvalue weighted by molar-refractivity contribution is -0.139. The normalized spacial score (nSPS) is 17.5. The Morgan fingerprint density at radius 1 is 1.32 bits per heavy atom. The smallest absolute Gasteiger partial charge is 0.225 e. The molecule has 0 saturated heterocycles. The van der Waals surface area contributed by atoms with Crippen molar-refractivity contribution in [2.75, 3.05) is 12.8 Å². The fourth-order valence-electron chi connectivity index (χ4n) is 3.77. The SMILES string of the molecule is CCn1c(SC)nnc1-c1nn(C)c2c1CN(C(=O)C1CCC1)CC2. The lowest BCUT2D eigenvalue weighted by Gasteiger charge is -2.34. The molecule has 2 aromatic heterocycles. The zero-order valence-corrected chi connectivity index (χ0v) is 15.8. The number of hydrogen-bond donors (Lipinski definition) is 0. The van der Waals surface area contributed by atoms with Gasteiger partial charge in [0.15, 0.2) is 11.0 Å². The lowest BCUT2D eigenvalue weighted by atomic mass is 9.84. The van der Waals surface area contributed by atoms with Crippen LogP contribution in [0.1, 0.15) is 37.4 Å². The minimum absolute atomic E-state index is 0.240. The number of amides is 1. The first kappa shape index (κ1) is 16.6. The Morgan fingerprint density at radius 3 is 2.76 bits per heavy atom. The molecule has 1 amide bonds. The standard InChI is InChI=1S/C17H24N6OS/c1-4-23-15(18-19-17(23)25-3)14-12-10-22(16(24)11-6-5-7-11)9-8-13(12)21(2)20-14/h11H,4-10H2,1-3H3. The number of carbonyl (C=O) groups excluding carboxylic acids is 1. The van der Waals surface area contributed by atoms with Gasteiger partial charge in [0, 0.05) is 50.3 Å². The molecule has 0 atom stereocenters. The van der Waals surface area contributed by atoms with E-state index in [2.05, 4.69) is 21.7 Å². The molecule has 0 unspecified atom stereocenters. The summed E-state index contributed by atoms with van der Waals surface area (Å²) in [6.07, 6.45) is 6.14. The average molecular weight is 360 g/mol. The summed E-state index contributed by atoms with van der Waals surface area (Å²) in [6, 6.07) is 0. The van der Waals surface area contributed by atoms with Gasteiger partial charge in [-0.25, -0.2) is 0 Å². The van der Waals surface area contributed by atoms with Gasteiger partial charge in [-0.3, -0.25) is 9.48 Å². The topological polar surface area (TPSA) is 68.8 Å². The van der Waals surface area contributed by atoms with Crippen LogP contribution in [0.15, 0.2) is 5.16 Å². The molecular weight excluding hydrogens is 336 g/mol. The van der Waals surface area contributed by atoms with Gasteiger partial charge in [-0.2, -0.15) is 5.10 Å². The van der Waals surface area contributed by atoms with Crippen LogP contribution in [-0.2, 0) is 31.4 Å². The maximum absolute atomic E-state index is 12.7. The van der Waals surface area contributed by atoms with E-state index in [1.165, 1.54) is 12.1 Å². The molecule has 2 aliphatic rings. The van der Waals surface area contributed by atoms with Crippen molar-refractivity contribution < 1.29 is 4.79 Å². The quantitative estimate of drug-likeness (QED) is 0.781. The van der Waals surface area contributed by atoms with Crippen LogP contribution in [0.5, 0.6) is 0 Å². The van der Waals surface area contributed by atoms with Crippen molar-refractivity contribution in [2.24, 2.45) is 13.0 Å². The minimum Gasteiger partial charge on any atom is -0.338 e. The largest absolute Gasteiger partial charge is 0.338 e. The van der Waals surface area contributed by atoms with Gasteiger partial charge in [0.05, 0.1) is 0 Å². The van der Waals surface area contributed by atoms with E-state index >= 15 is 0 Å². The summed E-state index contributed by atoms with van der Waals surface area (Å²) in [6.45, 7) is 4.32. The van der Waals surface area contributed by atoms with Crippen molar-refractivity contribution in [3.63, 3.8) is 0 Å². The average Bonchev–Trinajstić information content (AvgIpc) is 3.13. The van der Waals surface area contributed by atoms with Gasteiger partial charge >= 0.3 is 0 Å². The predicted octanol–water partition coefficient (Wildman–Crippen LogP) is 2.11. The fraction of sp³-hybridized carbons (Fsp3) is 0.647. The first-order valence-corrected chi connectivity index (χ1v) is 10.2. The molecule has 1 saturated carbocycles. The van der Waals surface area contributed by atoms with Crippen LogP contribution in [0.25, 0.3) is 11.5 Å². The number of hydrogen-bond acceptors (Lipinski definition) is 5. The van der Waals surface area contributed by atoms with Gasteiger partial charge < -0.3 is 9.47 Å². The van der Waals surface area contributed by atoms with Crippen molar-refractivity contribution in [3.8, 4) is 11.5 Å². The van der Waals surface area contributed by atoms with Crippen molar-refractivity contribution in [2.45, 2.75) is 50.9 Å². The zero-order valence-electron chi connectivity index (χ0n) is 15.0. The number of carbonyl (C=O) groups is 1. The Morgan fingerprint density at radius 2 is 2.12 bits per heavy atom. The number of aromatic nitrogens is 5. The van der Waals surface area contributed by atoms with Crippen LogP contribution < -0.4 is 0 Å². The third-order valence-electron chi connectivity index (χ3n) is 5.44. The summed E-state index contributed by atoms with van der Waals surface area (Å²) in [7, 11) is 1.98. The van der Waals surface area contributed by atoms with Crippen LogP contribution in [-0.4, -0.2) is 48.2 Å². The molecular formula is C17H24N6OS. The van der Waals surface area contributed by atoms with Crippen molar-refractivity contribution in [1.82, 2.24) is 29.4 Å². The van der Waals surface area contributed by atoms with Crippen molar-refractivity contribution in [1.29, 1.82) is 0 Å². The Labute approximate surface area is 151 Å². The third kappa shape index (κ3) is 2.67. The highest BCUT2D eigenvalue weighted by atomic mass is 32.2. The van der Waals surface area contributed by atoms with Crippen LogP contribution in [0.4, 0.5) is 0 Å². The molecule has 0 spiro atoms. The highest BCUT2D eigenvalue weighted by Gasteiger charge is 2.34. The number of rotatable bonds is 4. The zero-order chi connectivity index (χ0) is 17.6. The molecule has 1 aliphatic carbocycles. The molecule has 134 valence electrons. The Balaban J connectivity index is 1.70. The molecule has 25 heavy (non-hydrogen) atoms. The first-order chi connectivity index (χ1) is 12.1. The first-order valence-electron chi connectivity index (χ1n) is 8.95. The molecule has 0 bridgehead atoms. The van der Waals surface area contributed by atoms with Crippen molar-refractivity contribution >= 4 is 17.7 Å². The van der Waals surface area contributed by atoms with E-state index in [0.29, 0.717) is 12.5 Å². The Bertz CT molecular complexity index is 806. The fourth-order valence-corrected chi connectivity index (χ4v) is 4.33. The molecule has 1 aliphatic heterocycles. The highest BCUT2D eigenvalue weighted by molar-refractivity contribution is 7.98. The maximum atomic E-state index is 12.7. The second-order valence-electron chi connectivity index (χ2n) is 6.79. The molecule has 4 rings (SSSR count). The number of fused-ring (bicyclic) bond motifs is 1. The highest BCUT2D eigenvalue weighted by Crippen LogP contribution is 2.33. The van der Waals surface area contributed by atoms with E-state index in [1.807, 2.05) is 22.9 Å². The van der Waals surface area contributed by atoms with Crippen LogP contribution >= 0.6 is 11.8 Å². The predicted molar refractivity (Wildman–Crippen MR) is 96.1 cm³/mol. The number of thioether (sulfide) groups is 1. The number of nitrogens with zero attached hydrogens (tertiary/aromatic N) is 6. The summed E-state index contributed by atoms with van der Waals surface area (Å²) in [5, 5.41) is 14.3. The minimum atomic E-state index is 0.240. The van der Waals surface area contributed by atoms with Crippen LogP contribution in [0, 0.1) is 5.92 Å². The van der Waals surface area contributed by atoms with Gasteiger partial charge in [0.1, 0.15) is 5.69 Å². The third-order valence-corrected chi connectivity index (χ3v) is 6.10. The Hall–Kier alpha value is -1.83. The molecule has 8 heteroatoms. The number of aryl methyl sites for hydroxylation is 1. The van der Waals surface area contributed by atoms with Crippen LogP contribution in [0.3, 0.4) is 0 Å². The molecule has 0 radical (unpaired) electrons. The van der Waals surface area contributed by atoms with Gasteiger partial charge in [-0.1, -0.05) is 18.2 Å². The molecule has 2 aromatic rings. The van der Waals surface area contributed by atoms with E-state index < -0.39 is 0 Å². The summed E-state index contributed by atoms with van der Waals surface area (Å²) in [5.41, 5.74) is 3.22. The van der Waals surface area contributed by atoms with E-state index in [4.69, 9.17) is 5.10 Å². The van der Waals surface area contributed by atoms with Gasteiger partial charge in [0.2, 0.25) is 5.91 Å². The molecule has 1 fully saturated rings. The molecule has 3 heterocycles. The second-order valence-corrected chi connectivity index (χ2v) is 7.56. The van der Waals surface area contributed by atoms with Gasteiger partial charge in [0.25, 0.3) is 0 Å². The van der Waals surface area contributed by atoms with E-state index in [-0.39, 0.29) is 5.92 Å². The summed E-state index contributed by atoms with van der Waals surface area (Å²) >= 11 is 1.59. The van der Waals surface area contributed by atoms with Crippen LogP contribution in [0.2, 0.25) is 0 Å². The maximum Gasteiger partial charge on any atom is 0.225 e. The second kappa shape index (κ2) is 6.48. The van der Waals surface area contributed by atoms with Gasteiger partial charge in [-0.05, 0) is 26.0 Å². The van der Waals surface area contributed by atoms with Crippen molar-refractivity contribution in [3.05, 3.63) is 11.3 Å². The molecule has 0 aromatic carbocycles. The van der Waals surface area contributed by atoms with E-state index in [9.17, 15) is 4.79 Å². The summed E-state index contributed by atoms with van der Waals surface area (Å²) in [5.74, 6) is 1.36. The lowest BCUT2D eigenvalue weighted by Crippen LogP contribution is -2.42.